The molecule has 0 aliphatic heterocycles. The molecule has 0 spiro atoms. The van der Waals surface area contributed by atoms with Crippen LogP contribution in [-0.4, -0.2) is 39.4 Å². The summed E-state index contributed by atoms with van der Waals surface area (Å²) in [5, 5.41) is 14.5. The lowest BCUT2D eigenvalue weighted by Gasteiger charge is -2.19. The van der Waals surface area contributed by atoms with Crippen molar-refractivity contribution in [2.24, 2.45) is 5.41 Å². The van der Waals surface area contributed by atoms with E-state index >= 15 is 0 Å². The predicted octanol–water partition coefficient (Wildman–Crippen LogP) is 1.88. The fraction of sp³-hybridized carbons (Fsp3) is 0.208. The zero-order valence-corrected chi connectivity index (χ0v) is 17.6. The van der Waals surface area contributed by atoms with E-state index < -0.39 is 34.8 Å². The molecule has 9 nitrogen and oxygen atoms in total. The van der Waals surface area contributed by atoms with E-state index in [0.29, 0.717) is 12.8 Å². The molecule has 0 radical (unpaired) electrons. The Labute approximate surface area is 188 Å². The van der Waals surface area contributed by atoms with Gasteiger partial charge in [0.25, 0.3) is 17.4 Å². The first-order valence-electron chi connectivity index (χ1n) is 10.4. The molecule has 0 atom stereocenters. The smallest absolute Gasteiger partial charge is 0.311 e. The van der Waals surface area contributed by atoms with Crippen LogP contribution in [0.3, 0.4) is 0 Å². The number of aromatic nitrogens is 2. The van der Waals surface area contributed by atoms with Crippen molar-refractivity contribution in [3.8, 4) is 0 Å². The Balaban J connectivity index is 1.50. The monoisotopic (exact) mass is 446 g/mol. The summed E-state index contributed by atoms with van der Waals surface area (Å²) in [6.45, 7) is -0.0526. The van der Waals surface area contributed by atoms with E-state index in [1.807, 2.05) is 60.7 Å². The molecule has 1 heterocycles. The number of aromatic amines is 1. The second-order valence-corrected chi connectivity index (χ2v) is 7.97. The van der Waals surface area contributed by atoms with Crippen molar-refractivity contribution in [1.29, 1.82) is 0 Å². The van der Waals surface area contributed by atoms with Gasteiger partial charge in [0.1, 0.15) is 5.56 Å². The number of nitrogens with zero attached hydrogens (tertiary/aromatic N) is 1. The second kappa shape index (κ2) is 9.07. The van der Waals surface area contributed by atoms with Gasteiger partial charge in [0.2, 0.25) is 0 Å². The maximum atomic E-state index is 12.9. The van der Waals surface area contributed by atoms with E-state index in [0.717, 1.165) is 17.3 Å². The van der Waals surface area contributed by atoms with Gasteiger partial charge in [0.05, 0.1) is 11.5 Å². The van der Waals surface area contributed by atoms with Crippen LogP contribution in [0.5, 0.6) is 0 Å². The number of carboxylic acid groups (broad SMARTS) is 1. The fourth-order valence-corrected chi connectivity index (χ4v) is 3.48. The average Bonchev–Trinajstić information content (AvgIpc) is 3.63. The molecule has 0 bridgehead atoms. The Morgan fingerprint density at radius 2 is 1.55 bits per heavy atom. The highest BCUT2D eigenvalue weighted by atomic mass is 16.4. The van der Waals surface area contributed by atoms with Crippen molar-refractivity contribution in [3.63, 3.8) is 0 Å². The first-order valence-corrected chi connectivity index (χ1v) is 10.4. The van der Waals surface area contributed by atoms with Crippen LogP contribution in [0.25, 0.3) is 0 Å². The number of H-pyrrole nitrogens is 1. The van der Waals surface area contributed by atoms with E-state index in [2.05, 4.69) is 20.6 Å². The number of hydrogen-bond donors (Lipinski definition) is 4. The summed E-state index contributed by atoms with van der Waals surface area (Å²) in [6, 6.07) is 18.2. The molecule has 1 aliphatic carbocycles. The molecule has 2 aromatic carbocycles. The molecular weight excluding hydrogens is 424 g/mol. The van der Waals surface area contributed by atoms with E-state index in [-0.39, 0.29) is 17.9 Å². The number of aliphatic carboxylic acids is 1. The van der Waals surface area contributed by atoms with Crippen LogP contribution in [0.2, 0.25) is 0 Å². The Hall–Kier alpha value is -4.27. The van der Waals surface area contributed by atoms with E-state index in [1.165, 1.54) is 0 Å². The number of nitrogens with one attached hydrogen (secondary N) is 3. The van der Waals surface area contributed by atoms with Gasteiger partial charge in [-0.2, -0.15) is 0 Å². The third-order valence-electron chi connectivity index (χ3n) is 5.69. The molecule has 33 heavy (non-hydrogen) atoms. The van der Waals surface area contributed by atoms with Crippen molar-refractivity contribution in [3.05, 3.63) is 99.7 Å². The second-order valence-electron chi connectivity index (χ2n) is 7.97. The summed E-state index contributed by atoms with van der Waals surface area (Å²) in [5.74, 6) is -2.61. The molecule has 9 heteroatoms. The van der Waals surface area contributed by atoms with Crippen LogP contribution >= 0.6 is 0 Å². The Morgan fingerprint density at radius 3 is 2.03 bits per heavy atom. The zero-order valence-electron chi connectivity index (χ0n) is 17.6. The molecule has 1 fully saturated rings. The van der Waals surface area contributed by atoms with E-state index in [9.17, 15) is 24.3 Å². The summed E-state index contributed by atoms with van der Waals surface area (Å²) in [7, 11) is 0. The van der Waals surface area contributed by atoms with Crippen molar-refractivity contribution in [1.82, 2.24) is 20.6 Å². The molecule has 4 rings (SSSR count). The fourth-order valence-electron chi connectivity index (χ4n) is 3.48. The minimum absolute atomic E-state index is 0.0526. The summed E-state index contributed by atoms with van der Waals surface area (Å²) >= 11 is 0. The maximum absolute atomic E-state index is 12.9. The predicted molar refractivity (Wildman–Crippen MR) is 119 cm³/mol. The molecule has 2 amide bonds. The molecule has 1 aliphatic rings. The maximum Gasteiger partial charge on any atom is 0.311 e. The van der Waals surface area contributed by atoms with Crippen LogP contribution < -0.4 is 16.2 Å². The van der Waals surface area contributed by atoms with Gasteiger partial charge < -0.3 is 20.7 Å². The summed E-state index contributed by atoms with van der Waals surface area (Å²) < 4.78 is 0. The van der Waals surface area contributed by atoms with Crippen molar-refractivity contribution >= 4 is 17.8 Å². The van der Waals surface area contributed by atoms with Crippen LogP contribution in [-0.2, 0) is 4.79 Å². The van der Waals surface area contributed by atoms with E-state index in [1.54, 1.807) is 0 Å². The SMILES string of the molecule is O=C(NCC1(C(=O)O)CC1)c1ncc(C(=O)NC(c2ccccc2)c2ccccc2)c(=O)[nH]1. The third kappa shape index (κ3) is 4.82. The van der Waals surface area contributed by atoms with Gasteiger partial charge in [0, 0.05) is 12.7 Å². The molecule has 0 unspecified atom stereocenters. The lowest BCUT2D eigenvalue weighted by atomic mass is 9.98. The van der Waals surface area contributed by atoms with Gasteiger partial charge in [0.15, 0.2) is 5.82 Å². The van der Waals surface area contributed by atoms with Gasteiger partial charge in [-0.15, -0.1) is 0 Å². The lowest BCUT2D eigenvalue weighted by molar-refractivity contribution is -0.143. The largest absolute Gasteiger partial charge is 0.481 e. The van der Waals surface area contributed by atoms with Crippen molar-refractivity contribution in [2.75, 3.05) is 6.54 Å². The highest BCUT2D eigenvalue weighted by molar-refractivity contribution is 5.95. The average molecular weight is 446 g/mol. The molecule has 4 N–H and O–H groups in total. The van der Waals surface area contributed by atoms with Crippen LogP contribution in [0.4, 0.5) is 0 Å². The Bertz CT molecular complexity index is 1200. The normalized spacial score (nSPS) is 13.8. The molecule has 1 saturated carbocycles. The van der Waals surface area contributed by atoms with Gasteiger partial charge in [-0.05, 0) is 24.0 Å². The summed E-state index contributed by atoms with van der Waals surface area (Å²) in [5.41, 5.74) is -0.283. The number of rotatable bonds is 8. The quantitative estimate of drug-likeness (QED) is 0.416. The molecular formula is C24H22N4O5. The van der Waals surface area contributed by atoms with Crippen molar-refractivity contribution < 1.29 is 19.5 Å². The number of carbonyl (C=O) groups excluding carboxylic acids is 2. The number of carboxylic acids is 1. The van der Waals surface area contributed by atoms with Crippen LogP contribution in [0, 0.1) is 5.41 Å². The van der Waals surface area contributed by atoms with Crippen LogP contribution in [0.1, 0.15) is 51.0 Å². The minimum atomic E-state index is -0.970. The highest BCUT2D eigenvalue weighted by Gasteiger charge is 2.50. The molecule has 0 saturated heterocycles. The topological polar surface area (TPSA) is 141 Å². The first-order chi connectivity index (χ1) is 15.9. The van der Waals surface area contributed by atoms with E-state index in [4.69, 9.17) is 0 Å². The summed E-state index contributed by atoms with van der Waals surface area (Å²) in [6.07, 6.45) is 2.01. The Kier molecular flexibility index (Phi) is 6.03. The number of benzene rings is 2. The molecule has 168 valence electrons. The Morgan fingerprint density at radius 1 is 0.970 bits per heavy atom. The first kappa shape index (κ1) is 21.9. The highest BCUT2D eigenvalue weighted by Crippen LogP contribution is 2.45. The van der Waals surface area contributed by atoms with Gasteiger partial charge >= 0.3 is 5.97 Å². The third-order valence-corrected chi connectivity index (χ3v) is 5.69. The standard InChI is InChI=1S/C24H22N4O5/c29-20(27-18(15-7-3-1-4-8-15)16-9-5-2-6-10-16)17-13-25-19(28-21(17)30)22(31)26-14-24(11-12-24)23(32)33/h1-10,13,18H,11-12,14H2,(H,26,31)(H,27,29)(H,32,33)(H,25,28,30). The zero-order chi connectivity index (χ0) is 23.4. The molecule has 3 aromatic rings. The lowest BCUT2D eigenvalue weighted by Crippen LogP contribution is -2.37. The number of amides is 2. The summed E-state index contributed by atoms with van der Waals surface area (Å²) in [4.78, 5) is 55.2. The van der Waals surface area contributed by atoms with Gasteiger partial charge in [-0.3, -0.25) is 19.2 Å². The van der Waals surface area contributed by atoms with Gasteiger partial charge in [-0.1, -0.05) is 60.7 Å². The van der Waals surface area contributed by atoms with Crippen LogP contribution in [0.15, 0.2) is 71.7 Å². The van der Waals surface area contributed by atoms with Crippen molar-refractivity contribution in [2.45, 2.75) is 18.9 Å². The van der Waals surface area contributed by atoms with Gasteiger partial charge in [-0.25, -0.2) is 4.98 Å². The molecule has 1 aromatic heterocycles. The number of carbonyl (C=O) groups is 3. The minimum Gasteiger partial charge on any atom is -0.481 e. The number of hydrogen-bond acceptors (Lipinski definition) is 5.